The van der Waals surface area contributed by atoms with Gasteiger partial charge in [-0.3, -0.25) is 9.36 Å². The maximum absolute atomic E-state index is 13.3. The molecule has 0 N–H and O–H groups in total. The first-order valence-corrected chi connectivity index (χ1v) is 9.07. The summed E-state index contributed by atoms with van der Waals surface area (Å²) in [4.78, 5) is 12.7. The van der Waals surface area contributed by atoms with Crippen molar-refractivity contribution in [2.24, 2.45) is 0 Å². The third-order valence-electron chi connectivity index (χ3n) is 4.26. The van der Waals surface area contributed by atoms with Crippen molar-refractivity contribution in [3.05, 3.63) is 77.0 Å². The van der Waals surface area contributed by atoms with E-state index in [1.807, 2.05) is 0 Å². The summed E-state index contributed by atoms with van der Waals surface area (Å²) < 4.78 is 37.7. The zero-order valence-electron chi connectivity index (χ0n) is 15.5. The minimum absolute atomic E-state index is 0.267. The zero-order chi connectivity index (χ0) is 19.9. The van der Waals surface area contributed by atoms with Crippen LogP contribution in [-0.4, -0.2) is 18.0 Å². The highest BCUT2D eigenvalue weighted by atomic mass is 19.1. The molecule has 3 aromatic rings. The standard InChI is InChI=1S/C22H21F2NO3/c1-2-3-12-27-21-13-22(26)25(18-8-10-19(11-9-18)28-15-23)14-20(21)16-4-6-17(24)7-5-16/h4-11,13-14H,2-3,12,15H2,1H3. The van der Waals surface area contributed by atoms with Gasteiger partial charge in [0.05, 0.1) is 6.61 Å². The third kappa shape index (κ3) is 4.57. The molecule has 0 aliphatic rings. The van der Waals surface area contributed by atoms with E-state index < -0.39 is 6.86 Å². The van der Waals surface area contributed by atoms with Crippen LogP contribution in [0.3, 0.4) is 0 Å². The summed E-state index contributed by atoms with van der Waals surface area (Å²) in [5.74, 6) is 0.491. The van der Waals surface area contributed by atoms with E-state index in [1.165, 1.54) is 22.8 Å². The highest BCUT2D eigenvalue weighted by Crippen LogP contribution is 2.30. The van der Waals surface area contributed by atoms with Crippen molar-refractivity contribution in [3.63, 3.8) is 0 Å². The third-order valence-corrected chi connectivity index (χ3v) is 4.26. The Kier molecular flexibility index (Phi) is 6.42. The van der Waals surface area contributed by atoms with Gasteiger partial charge in [-0.1, -0.05) is 25.5 Å². The van der Waals surface area contributed by atoms with Gasteiger partial charge in [0.1, 0.15) is 17.3 Å². The number of hydrogen-bond acceptors (Lipinski definition) is 3. The molecule has 1 aromatic heterocycles. The number of hydrogen-bond donors (Lipinski definition) is 0. The molecule has 0 atom stereocenters. The molecule has 146 valence electrons. The molecule has 0 aliphatic heterocycles. The van der Waals surface area contributed by atoms with Crippen molar-refractivity contribution in [2.45, 2.75) is 19.8 Å². The molecule has 3 rings (SSSR count). The average molecular weight is 385 g/mol. The summed E-state index contributed by atoms with van der Waals surface area (Å²) in [5.41, 5.74) is 1.75. The topological polar surface area (TPSA) is 40.5 Å². The molecule has 0 unspecified atom stereocenters. The zero-order valence-corrected chi connectivity index (χ0v) is 15.5. The lowest BCUT2D eigenvalue weighted by Crippen LogP contribution is -2.18. The number of unbranched alkanes of at least 4 members (excludes halogenated alkanes) is 1. The second-order valence-electron chi connectivity index (χ2n) is 6.22. The van der Waals surface area contributed by atoms with Crippen molar-refractivity contribution in [2.75, 3.05) is 13.5 Å². The monoisotopic (exact) mass is 385 g/mol. The second kappa shape index (κ2) is 9.17. The fourth-order valence-electron chi connectivity index (χ4n) is 2.78. The van der Waals surface area contributed by atoms with Crippen molar-refractivity contribution >= 4 is 0 Å². The summed E-state index contributed by atoms with van der Waals surface area (Å²) in [6.45, 7) is 1.62. The van der Waals surface area contributed by atoms with Gasteiger partial charge in [-0.15, -0.1) is 0 Å². The molecular formula is C22H21F2NO3. The SMILES string of the molecule is CCCCOc1cc(=O)n(-c2ccc(OCF)cc2)cc1-c1ccc(F)cc1. The fraction of sp³-hybridized carbons (Fsp3) is 0.227. The summed E-state index contributed by atoms with van der Waals surface area (Å²) in [6.07, 6.45) is 3.50. The van der Waals surface area contributed by atoms with Crippen molar-refractivity contribution in [1.82, 2.24) is 4.57 Å². The van der Waals surface area contributed by atoms with Crippen molar-refractivity contribution in [1.29, 1.82) is 0 Å². The van der Waals surface area contributed by atoms with Crippen LogP contribution in [0.5, 0.6) is 11.5 Å². The molecule has 0 amide bonds. The van der Waals surface area contributed by atoms with Crippen LogP contribution in [0.1, 0.15) is 19.8 Å². The molecule has 0 saturated carbocycles. The van der Waals surface area contributed by atoms with E-state index in [4.69, 9.17) is 9.47 Å². The van der Waals surface area contributed by atoms with Gasteiger partial charge >= 0.3 is 0 Å². The van der Waals surface area contributed by atoms with Crippen molar-refractivity contribution in [3.8, 4) is 28.3 Å². The van der Waals surface area contributed by atoms with Gasteiger partial charge in [0, 0.05) is 23.5 Å². The molecule has 0 bridgehead atoms. The molecule has 0 fully saturated rings. The van der Waals surface area contributed by atoms with Gasteiger partial charge < -0.3 is 9.47 Å². The lowest BCUT2D eigenvalue weighted by Gasteiger charge is -2.15. The van der Waals surface area contributed by atoms with Crippen LogP contribution in [0.25, 0.3) is 16.8 Å². The van der Waals surface area contributed by atoms with E-state index in [2.05, 4.69) is 6.92 Å². The molecule has 0 saturated heterocycles. The van der Waals surface area contributed by atoms with Crippen LogP contribution in [0.15, 0.2) is 65.6 Å². The first-order chi connectivity index (χ1) is 13.6. The Morgan fingerprint density at radius 3 is 2.36 bits per heavy atom. The van der Waals surface area contributed by atoms with E-state index in [0.29, 0.717) is 29.4 Å². The smallest absolute Gasteiger partial charge is 0.258 e. The highest BCUT2D eigenvalue weighted by molar-refractivity contribution is 5.70. The quantitative estimate of drug-likeness (QED) is 0.505. The van der Waals surface area contributed by atoms with Crippen LogP contribution in [0.2, 0.25) is 0 Å². The highest BCUT2D eigenvalue weighted by Gasteiger charge is 2.12. The molecule has 28 heavy (non-hydrogen) atoms. The van der Waals surface area contributed by atoms with Crippen LogP contribution >= 0.6 is 0 Å². The largest absolute Gasteiger partial charge is 0.493 e. The number of aromatic nitrogens is 1. The van der Waals surface area contributed by atoms with Crippen LogP contribution in [0, 0.1) is 5.82 Å². The molecule has 0 spiro atoms. The fourth-order valence-corrected chi connectivity index (χ4v) is 2.78. The van der Waals surface area contributed by atoms with E-state index in [0.717, 1.165) is 18.4 Å². The number of pyridine rings is 1. The van der Waals surface area contributed by atoms with Crippen molar-refractivity contribution < 1.29 is 18.3 Å². The molecule has 0 aliphatic carbocycles. The molecule has 6 heteroatoms. The Bertz CT molecular complexity index is 967. The Labute approximate surface area is 162 Å². The maximum atomic E-state index is 13.3. The van der Waals surface area contributed by atoms with E-state index >= 15 is 0 Å². The Morgan fingerprint density at radius 1 is 1.00 bits per heavy atom. The first-order valence-electron chi connectivity index (χ1n) is 9.07. The molecule has 0 radical (unpaired) electrons. The van der Waals surface area contributed by atoms with E-state index in [1.54, 1.807) is 42.6 Å². The van der Waals surface area contributed by atoms with Crippen LogP contribution in [-0.2, 0) is 0 Å². The predicted molar refractivity (Wildman–Crippen MR) is 104 cm³/mol. The van der Waals surface area contributed by atoms with E-state index in [9.17, 15) is 13.6 Å². The Balaban J connectivity index is 2.05. The first kappa shape index (κ1) is 19.6. The summed E-state index contributed by atoms with van der Waals surface area (Å²) in [6, 6.07) is 14.0. The summed E-state index contributed by atoms with van der Waals surface area (Å²) >= 11 is 0. The summed E-state index contributed by atoms with van der Waals surface area (Å²) in [5, 5.41) is 0. The maximum Gasteiger partial charge on any atom is 0.258 e. The number of nitrogens with zero attached hydrogens (tertiary/aromatic N) is 1. The predicted octanol–water partition coefficient (Wildman–Crippen LogP) is 5.13. The lowest BCUT2D eigenvalue weighted by atomic mass is 10.1. The minimum atomic E-state index is -0.919. The van der Waals surface area contributed by atoms with Gasteiger partial charge in [-0.2, -0.15) is 0 Å². The van der Waals surface area contributed by atoms with Gasteiger partial charge in [-0.25, -0.2) is 8.78 Å². The molecule has 1 heterocycles. The number of benzene rings is 2. The number of halogens is 2. The van der Waals surface area contributed by atoms with Gasteiger partial charge in [0.15, 0.2) is 0 Å². The average Bonchev–Trinajstić information content (AvgIpc) is 2.70. The molecule has 4 nitrogen and oxygen atoms in total. The van der Waals surface area contributed by atoms with Gasteiger partial charge in [0.2, 0.25) is 6.86 Å². The van der Waals surface area contributed by atoms with Gasteiger partial charge in [-0.05, 0) is 48.4 Å². The second-order valence-corrected chi connectivity index (χ2v) is 6.22. The molecular weight excluding hydrogens is 364 g/mol. The number of alkyl halides is 1. The van der Waals surface area contributed by atoms with E-state index in [-0.39, 0.29) is 11.4 Å². The van der Waals surface area contributed by atoms with Gasteiger partial charge in [0.25, 0.3) is 5.56 Å². The summed E-state index contributed by atoms with van der Waals surface area (Å²) in [7, 11) is 0. The number of rotatable bonds is 8. The van der Waals surface area contributed by atoms with Crippen LogP contribution < -0.4 is 15.0 Å². The number of ether oxygens (including phenoxy) is 2. The normalized spacial score (nSPS) is 10.7. The lowest BCUT2D eigenvalue weighted by molar-refractivity contribution is 0.192. The van der Waals surface area contributed by atoms with Crippen LogP contribution in [0.4, 0.5) is 8.78 Å². The molecule has 2 aromatic carbocycles. The Hall–Kier alpha value is -3.15. The Morgan fingerprint density at radius 2 is 1.71 bits per heavy atom. The minimum Gasteiger partial charge on any atom is -0.493 e.